The first-order valence-electron chi connectivity index (χ1n) is 9.80. The average molecular weight is 406 g/mol. The minimum atomic E-state index is -0.145. The molecule has 3 aromatic rings. The lowest BCUT2D eigenvalue weighted by molar-refractivity contribution is 0.102. The third-order valence-electron chi connectivity index (χ3n) is 5.30. The van der Waals surface area contributed by atoms with Gasteiger partial charge in [-0.15, -0.1) is 0 Å². The van der Waals surface area contributed by atoms with Crippen molar-refractivity contribution in [3.05, 3.63) is 83.4 Å². The van der Waals surface area contributed by atoms with Gasteiger partial charge in [0.1, 0.15) is 0 Å². The molecule has 1 aliphatic rings. The van der Waals surface area contributed by atoms with Crippen LogP contribution in [0.25, 0.3) is 11.1 Å². The number of nitrogens with zero attached hydrogens (tertiary/aromatic N) is 2. The highest BCUT2D eigenvalue weighted by atomic mass is 35.5. The zero-order chi connectivity index (χ0) is 20.2. The highest BCUT2D eigenvalue weighted by Gasteiger charge is 2.17. The molecular weight excluding hydrogens is 382 g/mol. The van der Waals surface area contributed by atoms with Crippen molar-refractivity contribution in [1.29, 1.82) is 0 Å². The van der Waals surface area contributed by atoms with Gasteiger partial charge in [-0.25, -0.2) is 0 Å². The number of carbonyl (C=O) groups is 1. The Morgan fingerprint density at radius 1 is 0.862 bits per heavy atom. The van der Waals surface area contributed by atoms with E-state index in [0.717, 1.165) is 43.0 Å². The summed E-state index contributed by atoms with van der Waals surface area (Å²) < 4.78 is 0. The molecule has 0 radical (unpaired) electrons. The molecule has 0 aromatic heterocycles. The van der Waals surface area contributed by atoms with Gasteiger partial charge in [0, 0.05) is 37.4 Å². The van der Waals surface area contributed by atoms with Crippen molar-refractivity contribution >= 4 is 28.9 Å². The van der Waals surface area contributed by atoms with Crippen LogP contribution in [0.1, 0.15) is 10.4 Å². The number of halogens is 1. The van der Waals surface area contributed by atoms with E-state index >= 15 is 0 Å². The highest BCUT2D eigenvalue weighted by Crippen LogP contribution is 2.30. The molecule has 4 rings (SSSR count). The fourth-order valence-electron chi connectivity index (χ4n) is 3.54. The highest BCUT2D eigenvalue weighted by molar-refractivity contribution is 6.33. The van der Waals surface area contributed by atoms with Gasteiger partial charge in [-0.1, -0.05) is 54.1 Å². The monoisotopic (exact) mass is 405 g/mol. The molecule has 148 valence electrons. The van der Waals surface area contributed by atoms with Crippen molar-refractivity contribution in [2.24, 2.45) is 0 Å². The van der Waals surface area contributed by atoms with Crippen molar-refractivity contribution in [1.82, 2.24) is 4.90 Å². The van der Waals surface area contributed by atoms with E-state index in [-0.39, 0.29) is 5.91 Å². The zero-order valence-corrected chi connectivity index (χ0v) is 17.2. The molecule has 0 aliphatic carbocycles. The quantitative estimate of drug-likeness (QED) is 0.662. The first-order chi connectivity index (χ1) is 14.1. The molecule has 0 bridgehead atoms. The molecule has 0 atom stereocenters. The van der Waals surface area contributed by atoms with Crippen LogP contribution in [-0.2, 0) is 0 Å². The molecule has 1 heterocycles. The van der Waals surface area contributed by atoms with E-state index in [1.165, 1.54) is 0 Å². The Bertz CT molecular complexity index is 981. The predicted octanol–water partition coefficient (Wildman–Crippen LogP) is 5.01. The second-order valence-electron chi connectivity index (χ2n) is 7.35. The van der Waals surface area contributed by atoms with Gasteiger partial charge in [0.15, 0.2) is 0 Å². The summed E-state index contributed by atoms with van der Waals surface area (Å²) in [6.07, 6.45) is 0. The number of piperazine rings is 1. The van der Waals surface area contributed by atoms with Crippen molar-refractivity contribution < 1.29 is 4.79 Å². The summed E-state index contributed by atoms with van der Waals surface area (Å²) in [5, 5.41) is 3.60. The Morgan fingerprint density at radius 3 is 2.17 bits per heavy atom. The number of anilines is 2. The summed E-state index contributed by atoms with van der Waals surface area (Å²) in [6.45, 7) is 3.95. The summed E-state index contributed by atoms with van der Waals surface area (Å²) in [5.74, 6) is -0.145. The Kier molecular flexibility index (Phi) is 5.84. The molecule has 1 amide bonds. The fraction of sp³-hybridized carbons (Fsp3) is 0.208. The number of carbonyl (C=O) groups excluding carboxylic acids is 1. The average Bonchev–Trinajstić information content (AvgIpc) is 2.75. The normalized spacial score (nSPS) is 14.6. The van der Waals surface area contributed by atoms with E-state index < -0.39 is 0 Å². The minimum absolute atomic E-state index is 0.145. The molecule has 1 aliphatic heterocycles. The van der Waals surface area contributed by atoms with Crippen LogP contribution in [-0.4, -0.2) is 44.0 Å². The molecule has 5 heteroatoms. The lowest BCUT2D eigenvalue weighted by Gasteiger charge is -2.34. The van der Waals surface area contributed by atoms with Gasteiger partial charge in [0.2, 0.25) is 0 Å². The maximum atomic E-state index is 12.6. The third kappa shape index (κ3) is 4.61. The molecule has 1 N–H and O–H groups in total. The summed E-state index contributed by atoms with van der Waals surface area (Å²) in [4.78, 5) is 17.2. The fourth-order valence-corrected chi connectivity index (χ4v) is 3.84. The van der Waals surface area contributed by atoms with Crippen LogP contribution < -0.4 is 10.2 Å². The Balaban J connectivity index is 1.43. The van der Waals surface area contributed by atoms with Crippen LogP contribution in [0.4, 0.5) is 11.4 Å². The number of benzene rings is 3. The molecule has 29 heavy (non-hydrogen) atoms. The topological polar surface area (TPSA) is 35.6 Å². The molecular formula is C24H24ClN3O. The summed E-state index contributed by atoms with van der Waals surface area (Å²) in [7, 11) is 2.13. The maximum Gasteiger partial charge on any atom is 0.255 e. The zero-order valence-electron chi connectivity index (χ0n) is 16.4. The SMILES string of the molecule is CN1CCN(c2ccc(NC(=O)c3ccc(-c4ccccc4)cc3)cc2Cl)CC1. The van der Waals surface area contributed by atoms with E-state index in [0.29, 0.717) is 16.3 Å². The smallest absolute Gasteiger partial charge is 0.255 e. The lowest BCUT2D eigenvalue weighted by atomic mass is 10.0. The van der Waals surface area contributed by atoms with Crippen LogP contribution in [0.3, 0.4) is 0 Å². The van der Waals surface area contributed by atoms with Crippen LogP contribution in [0.15, 0.2) is 72.8 Å². The summed E-state index contributed by atoms with van der Waals surface area (Å²) in [6, 6.07) is 23.5. The first-order valence-corrected chi connectivity index (χ1v) is 10.2. The predicted molar refractivity (Wildman–Crippen MR) is 121 cm³/mol. The van der Waals surface area contributed by atoms with Crippen molar-refractivity contribution in [2.45, 2.75) is 0 Å². The Hall–Kier alpha value is -2.82. The Labute approximate surface area is 176 Å². The number of nitrogens with one attached hydrogen (secondary N) is 1. The van der Waals surface area contributed by atoms with Crippen LogP contribution in [0, 0.1) is 0 Å². The Morgan fingerprint density at radius 2 is 1.52 bits per heavy atom. The standard InChI is InChI=1S/C24H24ClN3O/c1-27-13-15-28(16-14-27)23-12-11-21(17-22(23)25)26-24(29)20-9-7-19(8-10-20)18-5-3-2-4-6-18/h2-12,17H,13-16H2,1H3,(H,26,29). The van der Waals surface area contributed by atoms with Crippen LogP contribution in [0.2, 0.25) is 5.02 Å². The summed E-state index contributed by atoms with van der Waals surface area (Å²) in [5.41, 5.74) is 4.55. The van der Waals surface area contributed by atoms with Crippen LogP contribution >= 0.6 is 11.6 Å². The van der Waals surface area contributed by atoms with E-state index in [9.17, 15) is 4.79 Å². The van der Waals surface area contributed by atoms with Gasteiger partial charge in [0.05, 0.1) is 10.7 Å². The van der Waals surface area contributed by atoms with E-state index in [2.05, 4.69) is 34.3 Å². The van der Waals surface area contributed by atoms with Gasteiger partial charge < -0.3 is 15.1 Å². The minimum Gasteiger partial charge on any atom is -0.368 e. The number of hydrogen-bond donors (Lipinski definition) is 1. The summed E-state index contributed by atoms with van der Waals surface area (Å²) >= 11 is 6.51. The van der Waals surface area contributed by atoms with Gasteiger partial charge >= 0.3 is 0 Å². The molecule has 4 nitrogen and oxygen atoms in total. The number of likely N-dealkylation sites (N-methyl/N-ethyl adjacent to an activating group) is 1. The molecule has 1 saturated heterocycles. The van der Waals surface area contributed by atoms with Crippen molar-refractivity contribution in [3.8, 4) is 11.1 Å². The molecule has 3 aromatic carbocycles. The van der Waals surface area contributed by atoms with E-state index in [4.69, 9.17) is 11.6 Å². The lowest BCUT2D eigenvalue weighted by Crippen LogP contribution is -2.44. The van der Waals surface area contributed by atoms with Crippen molar-refractivity contribution in [2.75, 3.05) is 43.4 Å². The first kappa shape index (κ1) is 19.5. The largest absolute Gasteiger partial charge is 0.368 e. The second-order valence-corrected chi connectivity index (χ2v) is 7.76. The van der Waals surface area contributed by atoms with E-state index in [1.54, 1.807) is 0 Å². The molecule has 1 fully saturated rings. The number of amides is 1. The number of hydrogen-bond acceptors (Lipinski definition) is 3. The van der Waals surface area contributed by atoms with E-state index in [1.807, 2.05) is 60.7 Å². The van der Waals surface area contributed by atoms with Gasteiger partial charge in [-0.05, 0) is 48.5 Å². The molecule has 0 unspecified atom stereocenters. The maximum absolute atomic E-state index is 12.6. The van der Waals surface area contributed by atoms with Gasteiger partial charge in [-0.3, -0.25) is 4.79 Å². The van der Waals surface area contributed by atoms with Crippen LogP contribution in [0.5, 0.6) is 0 Å². The van der Waals surface area contributed by atoms with Gasteiger partial charge in [0.25, 0.3) is 5.91 Å². The third-order valence-corrected chi connectivity index (χ3v) is 5.61. The number of rotatable bonds is 4. The molecule has 0 saturated carbocycles. The second kappa shape index (κ2) is 8.68. The van der Waals surface area contributed by atoms with Crippen molar-refractivity contribution in [3.63, 3.8) is 0 Å². The van der Waals surface area contributed by atoms with Gasteiger partial charge in [-0.2, -0.15) is 0 Å². The molecule has 0 spiro atoms.